The van der Waals surface area contributed by atoms with Gasteiger partial charge in [-0.2, -0.15) is 0 Å². The minimum absolute atomic E-state index is 0.00780. The second-order valence-electron chi connectivity index (χ2n) is 2.97. The third-order valence-corrected chi connectivity index (χ3v) is 1.80. The first kappa shape index (κ1) is 10.4. The first-order valence-electron chi connectivity index (χ1n) is 4.47. The third kappa shape index (κ3) is 2.66. The highest BCUT2D eigenvalue weighted by Crippen LogP contribution is 2.17. The molecule has 0 aliphatic carbocycles. The fourth-order valence-electron chi connectivity index (χ4n) is 1.02. The summed E-state index contributed by atoms with van der Waals surface area (Å²) in [6.07, 6.45) is 4.01. The van der Waals surface area contributed by atoms with Gasteiger partial charge in [-0.05, 0) is 24.3 Å². The molecule has 0 amide bonds. The van der Waals surface area contributed by atoms with Crippen molar-refractivity contribution in [2.75, 3.05) is 0 Å². The number of aliphatic hydroxyl groups is 1. The summed E-state index contributed by atoms with van der Waals surface area (Å²) in [6.45, 7) is 9.18. The van der Waals surface area contributed by atoms with Crippen LogP contribution in [0.3, 0.4) is 0 Å². The van der Waals surface area contributed by atoms with Gasteiger partial charge in [0.25, 0.3) is 0 Å². The lowest BCUT2D eigenvalue weighted by atomic mass is 10.2. The molecule has 0 spiro atoms. The number of hydrogen-bond donors (Lipinski definition) is 1. The van der Waals surface area contributed by atoms with Crippen LogP contribution in [0.15, 0.2) is 47.6 Å². The van der Waals surface area contributed by atoms with E-state index in [1.54, 1.807) is 6.08 Å². The maximum absolute atomic E-state index is 8.85. The first-order valence-corrected chi connectivity index (χ1v) is 4.47. The molecule has 1 N–H and O–H groups in total. The van der Waals surface area contributed by atoms with Gasteiger partial charge in [-0.15, -0.1) is 0 Å². The molecular formula is C12H14O2. The van der Waals surface area contributed by atoms with Crippen molar-refractivity contribution in [3.63, 3.8) is 0 Å². The van der Waals surface area contributed by atoms with E-state index in [0.717, 1.165) is 23.5 Å². The molecule has 0 aliphatic rings. The van der Waals surface area contributed by atoms with Gasteiger partial charge in [0.2, 0.25) is 0 Å². The van der Waals surface area contributed by atoms with Crippen molar-refractivity contribution in [1.29, 1.82) is 0 Å². The smallest absolute Gasteiger partial charge is 0.133 e. The zero-order valence-electron chi connectivity index (χ0n) is 8.29. The molecule has 0 bridgehead atoms. The predicted molar refractivity (Wildman–Crippen MR) is 58.0 cm³/mol. The highest BCUT2D eigenvalue weighted by atomic mass is 16.3. The number of hydrogen-bond acceptors (Lipinski definition) is 2. The number of aliphatic hydroxyl groups excluding tert-OH is 1. The van der Waals surface area contributed by atoms with Gasteiger partial charge in [-0.3, -0.25) is 0 Å². The van der Waals surface area contributed by atoms with E-state index in [4.69, 9.17) is 9.52 Å². The topological polar surface area (TPSA) is 33.4 Å². The Labute approximate surface area is 83.9 Å². The van der Waals surface area contributed by atoms with Gasteiger partial charge in [0.1, 0.15) is 17.3 Å². The van der Waals surface area contributed by atoms with Crippen molar-refractivity contribution in [3.05, 3.63) is 54.7 Å². The van der Waals surface area contributed by atoms with Crippen LogP contribution < -0.4 is 0 Å². The molecule has 1 aromatic heterocycles. The fourth-order valence-corrected chi connectivity index (χ4v) is 1.02. The van der Waals surface area contributed by atoms with E-state index >= 15 is 0 Å². The van der Waals surface area contributed by atoms with Crippen LogP contribution in [0.1, 0.15) is 18.4 Å². The monoisotopic (exact) mass is 190 g/mol. The van der Waals surface area contributed by atoms with Crippen LogP contribution in [0.25, 0.3) is 5.57 Å². The molecule has 0 fully saturated rings. The Bertz CT molecular complexity index is 369. The maximum Gasteiger partial charge on any atom is 0.133 e. The molecule has 2 heteroatoms. The Hall–Kier alpha value is -1.70. The molecule has 1 aromatic rings. The van der Waals surface area contributed by atoms with Crippen molar-refractivity contribution in [2.45, 2.75) is 13.3 Å². The Morgan fingerprint density at radius 1 is 1.43 bits per heavy atom. The molecule has 1 heterocycles. The molecule has 0 aliphatic heterocycles. The average molecular weight is 190 g/mol. The minimum Gasteiger partial charge on any atom is -0.509 e. The van der Waals surface area contributed by atoms with Gasteiger partial charge >= 0.3 is 0 Å². The van der Waals surface area contributed by atoms with E-state index in [2.05, 4.69) is 13.2 Å². The van der Waals surface area contributed by atoms with Crippen molar-refractivity contribution in [3.8, 4) is 0 Å². The number of allylic oxidation sites excluding steroid dienone is 3. The van der Waals surface area contributed by atoms with E-state index in [1.807, 2.05) is 19.1 Å². The number of furan rings is 1. The highest BCUT2D eigenvalue weighted by Gasteiger charge is 2.01. The number of aryl methyl sites for hydroxylation is 1. The van der Waals surface area contributed by atoms with Crippen molar-refractivity contribution < 1.29 is 9.52 Å². The third-order valence-electron chi connectivity index (χ3n) is 1.80. The summed E-state index contributed by atoms with van der Waals surface area (Å²) in [5, 5.41) is 8.85. The van der Waals surface area contributed by atoms with Crippen LogP contribution in [0.5, 0.6) is 0 Å². The van der Waals surface area contributed by atoms with Crippen LogP contribution in [0.4, 0.5) is 0 Å². The van der Waals surface area contributed by atoms with Gasteiger partial charge in [0, 0.05) is 12.0 Å². The molecule has 2 nitrogen and oxygen atoms in total. The summed E-state index contributed by atoms with van der Waals surface area (Å²) >= 11 is 0. The van der Waals surface area contributed by atoms with Crippen molar-refractivity contribution in [1.82, 2.24) is 0 Å². The molecule has 1 rings (SSSR count). The molecule has 0 atom stereocenters. The van der Waals surface area contributed by atoms with Gasteiger partial charge in [0.05, 0.1) is 0 Å². The molecule has 14 heavy (non-hydrogen) atoms. The van der Waals surface area contributed by atoms with E-state index in [1.165, 1.54) is 6.08 Å². The Kier molecular flexibility index (Phi) is 3.35. The van der Waals surface area contributed by atoms with Crippen LogP contribution in [-0.2, 0) is 6.42 Å². The normalized spacial score (nSPS) is 10.6. The molecule has 0 saturated carbocycles. The summed E-state index contributed by atoms with van der Waals surface area (Å²) in [5.41, 5.74) is 0.722. The summed E-state index contributed by atoms with van der Waals surface area (Å²) < 4.78 is 5.46. The summed E-state index contributed by atoms with van der Waals surface area (Å²) in [7, 11) is 0. The summed E-state index contributed by atoms with van der Waals surface area (Å²) in [5.74, 6) is 1.66. The first-order chi connectivity index (χ1) is 6.63. The van der Waals surface area contributed by atoms with E-state index in [-0.39, 0.29) is 5.76 Å². The molecule has 0 aromatic carbocycles. The lowest BCUT2D eigenvalue weighted by Gasteiger charge is -1.94. The Morgan fingerprint density at radius 3 is 2.64 bits per heavy atom. The zero-order chi connectivity index (χ0) is 10.6. The molecule has 0 radical (unpaired) electrons. The Balaban J connectivity index is 2.74. The van der Waals surface area contributed by atoms with Crippen LogP contribution in [0.2, 0.25) is 0 Å². The molecule has 74 valence electrons. The second-order valence-corrected chi connectivity index (χ2v) is 2.97. The molecule has 0 saturated heterocycles. The van der Waals surface area contributed by atoms with Crippen LogP contribution in [0, 0.1) is 0 Å². The number of rotatable bonds is 4. The van der Waals surface area contributed by atoms with E-state index in [0.29, 0.717) is 0 Å². The summed E-state index contributed by atoms with van der Waals surface area (Å²) in [4.78, 5) is 0. The average Bonchev–Trinajstić information content (AvgIpc) is 2.62. The largest absolute Gasteiger partial charge is 0.509 e. The quantitative estimate of drug-likeness (QED) is 0.582. The lowest BCUT2D eigenvalue weighted by Crippen LogP contribution is -1.75. The van der Waals surface area contributed by atoms with Gasteiger partial charge in [-0.25, -0.2) is 0 Å². The summed E-state index contributed by atoms with van der Waals surface area (Å²) in [6, 6.07) is 3.79. The van der Waals surface area contributed by atoms with E-state index < -0.39 is 0 Å². The van der Waals surface area contributed by atoms with Crippen molar-refractivity contribution in [2.24, 2.45) is 0 Å². The van der Waals surface area contributed by atoms with Gasteiger partial charge < -0.3 is 9.52 Å². The zero-order valence-corrected chi connectivity index (χ0v) is 8.29. The SMILES string of the molecule is C=C(O)/C=C\C(=C)c1ccc(CC)o1. The second kappa shape index (κ2) is 4.51. The lowest BCUT2D eigenvalue weighted by molar-refractivity contribution is 0.435. The molecule has 0 unspecified atom stereocenters. The minimum atomic E-state index is 0.00780. The van der Waals surface area contributed by atoms with E-state index in [9.17, 15) is 0 Å². The van der Waals surface area contributed by atoms with Crippen molar-refractivity contribution >= 4 is 5.57 Å². The van der Waals surface area contributed by atoms with Gasteiger partial charge in [0.15, 0.2) is 0 Å². The predicted octanol–water partition coefficient (Wildman–Crippen LogP) is 3.48. The van der Waals surface area contributed by atoms with Crippen LogP contribution >= 0.6 is 0 Å². The fraction of sp³-hybridized carbons (Fsp3) is 0.167. The molecular weight excluding hydrogens is 176 g/mol. The highest BCUT2D eigenvalue weighted by molar-refractivity contribution is 5.68. The van der Waals surface area contributed by atoms with Crippen LogP contribution in [-0.4, -0.2) is 5.11 Å². The van der Waals surface area contributed by atoms with Gasteiger partial charge in [-0.1, -0.05) is 20.1 Å². The Morgan fingerprint density at radius 2 is 2.14 bits per heavy atom. The maximum atomic E-state index is 8.85. The standard InChI is InChI=1S/C12H14O2/c1-4-11-7-8-12(14-11)9(2)5-6-10(3)13/h5-8,13H,2-4H2,1H3/b6-5-.